The highest BCUT2D eigenvalue weighted by Crippen LogP contribution is 2.46. The van der Waals surface area contributed by atoms with E-state index in [2.05, 4.69) is 4.99 Å². The van der Waals surface area contributed by atoms with Crippen LogP contribution in [0.15, 0.2) is 15.6 Å². The van der Waals surface area contributed by atoms with Gasteiger partial charge in [-0.1, -0.05) is 6.92 Å². The third-order valence-electron chi connectivity index (χ3n) is 3.70. The normalized spacial score (nSPS) is 26.2. The number of amides is 1. The van der Waals surface area contributed by atoms with Crippen LogP contribution < -0.4 is 0 Å². The Hall–Kier alpha value is -1.34. The van der Waals surface area contributed by atoms with Gasteiger partial charge in [-0.05, 0) is 19.6 Å². The van der Waals surface area contributed by atoms with Crippen LogP contribution in [0.2, 0.25) is 0 Å². The zero-order valence-corrected chi connectivity index (χ0v) is 13.0. The van der Waals surface area contributed by atoms with E-state index >= 15 is 0 Å². The minimum Gasteiger partial charge on any atom is -0.477 e. The molecule has 0 bridgehead atoms. The molecule has 116 valence electrons. The lowest BCUT2D eigenvalue weighted by atomic mass is 9.83. The zero-order chi connectivity index (χ0) is 15.6. The minimum absolute atomic E-state index is 0.0892. The van der Waals surface area contributed by atoms with Crippen LogP contribution in [0.4, 0.5) is 0 Å². The average Bonchev–Trinajstić information content (AvgIpc) is 2.72. The molecule has 2 N–H and O–H groups in total. The van der Waals surface area contributed by atoms with Crippen molar-refractivity contribution in [2.45, 2.75) is 38.8 Å². The zero-order valence-electron chi connectivity index (χ0n) is 12.2. The molecule has 6 nitrogen and oxygen atoms in total. The van der Waals surface area contributed by atoms with Gasteiger partial charge in [0.15, 0.2) is 0 Å². The highest BCUT2D eigenvalue weighted by molar-refractivity contribution is 8.03. The lowest BCUT2D eigenvalue weighted by Gasteiger charge is -2.44. The van der Waals surface area contributed by atoms with Crippen molar-refractivity contribution in [3.05, 3.63) is 10.6 Å². The van der Waals surface area contributed by atoms with Crippen LogP contribution in [0.5, 0.6) is 0 Å². The van der Waals surface area contributed by atoms with Gasteiger partial charge < -0.3 is 15.1 Å². The summed E-state index contributed by atoms with van der Waals surface area (Å²) in [5, 5.41) is 19.0. The number of β-lactam (4-membered cyclic amide) rings is 1. The SMILES string of the molecule is CCC=NCCSC1=C(C(=O)O)N2C(=O)C(C(C)O)C2C1. The van der Waals surface area contributed by atoms with Gasteiger partial charge in [0.05, 0.1) is 18.1 Å². The molecule has 0 aromatic carbocycles. The van der Waals surface area contributed by atoms with Crippen LogP contribution in [0.25, 0.3) is 0 Å². The molecule has 1 amide bonds. The van der Waals surface area contributed by atoms with Gasteiger partial charge in [0.2, 0.25) is 5.91 Å². The number of carboxylic acids is 1. The summed E-state index contributed by atoms with van der Waals surface area (Å²) in [5.74, 6) is -1.14. The number of carbonyl (C=O) groups excluding carboxylic acids is 1. The van der Waals surface area contributed by atoms with Gasteiger partial charge in [0.25, 0.3) is 0 Å². The van der Waals surface area contributed by atoms with Crippen LogP contribution >= 0.6 is 11.8 Å². The van der Waals surface area contributed by atoms with E-state index in [0.717, 1.165) is 11.3 Å². The Morgan fingerprint density at radius 2 is 2.33 bits per heavy atom. The van der Waals surface area contributed by atoms with E-state index in [9.17, 15) is 19.8 Å². The number of thioether (sulfide) groups is 1. The fourth-order valence-corrected chi connectivity index (χ4v) is 3.86. The Labute approximate surface area is 127 Å². The summed E-state index contributed by atoms with van der Waals surface area (Å²) < 4.78 is 0. The molecule has 2 heterocycles. The number of aliphatic hydroxyl groups excluding tert-OH is 1. The molecule has 0 radical (unpaired) electrons. The Morgan fingerprint density at radius 1 is 1.62 bits per heavy atom. The van der Waals surface area contributed by atoms with E-state index in [4.69, 9.17) is 0 Å². The van der Waals surface area contributed by atoms with Crippen LogP contribution in [-0.2, 0) is 9.59 Å². The number of aliphatic hydroxyl groups is 1. The van der Waals surface area contributed by atoms with Gasteiger partial charge in [-0.25, -0.2) is 4.79 Å². The molecule has 1 saturated heterocycles. The van der Waals surface area contributed by atoms with Crippen LogP contribution in [0, 0.1) is 5.92 Å². The van der Waals surface area contributed by atoms with Crippen molar-refractivity contribution in [3.8, 4) is 0 Å². The van der Waals surface area contributed by atoms with Crippen LogP contribution in [0.1, 0.15) is 26.7 Å². The first-order valence-electron chi connectivity index (χ1n) is 7.07. The summed E-state index contributed by atoms with van der Waals surface area (Å²) in [6.07, 6.45) is 2.49. The summed E-state index contributed by atoms with van der Waals surface area (Å²) >= 11 is 1.44. The Morgan fingerprint density at radius 3 is 2.90 bits per heavy atom. The Bertz CT molecular complexity index is 501. The van der Waals surface area contributed by atoms with E-state index in [1.54, 1.807) is 6.92 Å². The number of nitrogens with zero attached hydrogens (tertiary/aromatic N) is 2. The summed E-state index contributed by atoms with van der Waals surface area (Å²) in [6.45, 7) is 4.21. The van der Waals surface area contributed by atoms with E-state index in [1.807, 2.05) is 13.1 Å². The number of aliphatic carboxylic acids is 1. The number of aliphatic imine (C=N–C) groups is 1. The number of hydrogen-bond acceptors (Lipinski definition) is 5. The molecule has 0 aromatic heterocycles. The second kappa shape index (κ2) is 6.62. The standard InChI is InChI=1S/C14H20N2O4S/c1-3-4-15-5-6-21-10-7-9-11(8(2)17)13(18)16(9)12(10)14(19)20/h4,8-9,11,17H,3,5-7H2,1-2H3,(H,19,20). The maximum Gasteiger partial charge on any atom is 0.353 e. The fraction of sp³-hybridized carbons (Fsp3) is 0.643. The largest absolute Gasteiger partial charge is 0.477 e. The van der Waals surface area contributed by atoms with Crippen LogP contribution in [0.3, 0.4) is 0 Å². The smallest absolute Gasteiger partial charge is 0.353 e. The number of carboxylic acid groups (broad SMARTS) is 1. The van der Waals surface area contributed by atoms with Gasteiger partial charge in [0.1, 0.15) is 5.70 Å². The van der Waals surface area contributed by atoms with Gasteiger partial charge in [0, 0.05) is 23.6 Å². The molecule has 3 unspecified atom stereocenters. The van der Waals surface area contributed by atoms with Crippen LogP contribution in [-0.4, -0.2) is 57.6 Å². The average molecular weight is 312 g/mol. The first-order valence-corrected chi connectivity index (χ1v) is 8.06. The molecule has 2 rings (SSSR count). The maximum absolute atomic E-state index is 12.0. The van der Waals surface area contributed by atoms with E-state index in [1.165, 1.54) is 16.7 Å². The van der Waals surface area contributed by atoms with Crippen molar-refractivity contribution in [2.75, 3.05) is 12.3 Å². The number of fused-ring (bicyclic) bond motifs is 1. The first kappa shape index (κ1) is 16.0. The molecular weight excluding hydrogens is 292 g/mol. The van der Waals surface area contributed by atoms with Crippen molar-refractivity contribution in [3.63, 3.8) is 0 Å². The third kappa shape index (κ3) is 2.98. The Balaban J connectivity index is 2.05. The predicted molar refractivity (Wildman–Crippen MR) is 81.2 cm³/mol. The molecule has 7 heteroatoms. The molecule has 2 aliphatic heterocycles. The lowest BCUT2D eigenvalue weighted by Crippen LogP contribution is -2.61. The second-order valence-corrected chi connectivity index (χ2v) is 6.36. The highest BCUT2D eigenvalue weighted by atomic mass is 32.2. The third-order valence-corrected chi connectivity index (χ3v) is 4.79. The minimum atomic E-state index is -1.07. The highest BCUT2D eigenvalue weighted by Gasteiger charge is 2.56. The molecule has 0 spiro atoms. The van der Waals surface area contributed by atoms with Gasteiger partial charge in [-0.2, -0.15) is 0 Å². The Kier molecular flexibility index (Phi) is 5.05. The lowest BCUT2D eigenvalue weighted by molar-refractivity contribution is -0.161. The van der Waals surface area contributed by atoms with E-state index < -0.39 is 18.0 Å². The molecule has 3 atom stereocenters. The van der Waals surface area contributed by atoms with Gasteiger partial charge >= 0.3 is 5.97 Å². The molecule has 2 aliphatic rings. The maximum atomic E-state index is 12.0. The topological polar surface area (TPSA) is 90.2 Å². The van der Waals surface area contributed by atoms with Crippen molar-refractivity contribution in [1.82, 2.24) is 4.90 Å². The molecule has 21 heavy (non-hydrogen) atoms. The van der Waals surface area contributed by atoms with Crippen molar-refractivity contribution in [1.29, 1.82) is 0 Å². The number of hydrogen-bond donors (Lipinski definition) is 2. The summed E-state index contributed by atoms with van der Waals surface area (Å²) in [7, 11) is 0. The van der Waals surface area contributed by atoms with E-state index in [0.29, 0.717) is 18.7 Å². The fourth-order valence-electron chi connectivity index (χ4n) is 2.80. The quantitative estimate of drug-likeness (QED) is 0.417. The second-order valence-electron chi connectivity index (χ2n) is 5.17. The first-order chi connectivity index (χ1) is 9.99. The van der Waals surface area contributed by atoms with Crippen molar-refractivity contribution in [2.24, 2.45) is 10.9 Å². The number of carbonyl (C=O) groups is 2. The monoisotopic (exact) mass is 312 g/mol. The summed E-state index contributed by atoms with van der Waals surface area (Å²) in [5.41, 5.74) is 0.0892. The van der Waals surface area contributed by atoms with E-state index in [-0.39, 0.29) is 17.6 Å². The van der Waals surface area contributed by atoms with Crippen molar-refractivity contribution >= 4 is 29.9 Å². The predicted octanol–water partition coefficient (Wildman–Crippen LogP) is 1.11. The molecule has 0 aliphatic carbocycles. The molecule has 0 aromatic rings. The summed E-state index contributed by atoms with van der Waals surface area (Å²) in [4.78, 5) is 29.6. The van der Waals surface area contributed by atoms with Gasteiger partial charge in [-0.15, -0.1) is 11.8 Å². The molecule has 0 saturated carbocycles. The molecule has 1 fully saturated rings. The summed E-state index contributed by atoms with van der Waals surface area (Å²) in [6, 6.07) is -0.203. The molecular formula is C14H20N2O4S. The van der Waals surface area contributed by atoms with Crippen molar-refractivity contribution < 1.29 is 19.8 Å². The number of rotatable bonds is 7. The van der Waals surface area contributed by atoms with Gasteiger partial charge in [-0.3, -0.25) is 9.79 Å².